The number of methoxy groups -OCH3 is 1. The topological polar surface area (TPSA) is 97.4 Å². The van der Waals surface area contributed by atoms with Crippen molar-refractivity contribution in [2.75, 3.05) is 17.1 Å². The molecule has 3 rings (SSSR count). The van der Waals surface area contributed by atoms with E-state index in [1.807, 2.05) is 30.3 Å². The summed E-state index contributed by atoms with van der Waals surface area (Å²) in [5.74, 6) is 0.448. The van der Waals surface area contributed by atoms with Crippen molar-refractivity contribution in [3.8, 4) is 5.75 Å². The molecule has 9 heteroatoms. The van der Waals surface area contributed by atoms with Gasteiger partial charge in [0.1, 0.15) is 5.75 Å². The van der Waals surface area contributed by atoms with Crippen LogP contribution >= 0.6 is 11.3 Å². The molecule has 0 atom stereocenters. The first-order valence-corrected chi connectivity index (χ1v) is 10.8. The van der Waals surface area contributed by atoms with Crippen LogP contribution in [0.1, 0.15) is 12.1 Å². The third-order valence-electron chi connectivity index (χ3n) is 3.81. The predicted octanol–water partition coefficient (Wildman–Crippen LogP) is 3.52. The van der Waals surface area contributed by atoms with Crippen molar-refractivity contribution in [3.63, 3.8) is 0 Å². The minimum Gasteiger partial charge on any atom is -0.497 e. The number of thiazole rings is 1. The van der Waals surface area contributed by atoms with Gasteiger partial charge in [0.25, 0.3) is 10.0 Å². The normalized spacial score (nSPS) is 11.0. The van der Waals surface area contributed by atoms with E-state index in [9.17, 15) is 13.2 Å². The Morgan fingerprint density at radius 2 is 1.82 bits per heavy atom. The summed E-state index contributed by atoms with van der Waals surface area (Å²) in [5, 5.41) is 4.80. The van der Waals surface area contributed by atoms with Crippen LogP contribution in [0.15, 0.2) is 64.9 Å². The highest BCUT2D eigenvalue weighted by Crippen LogP contribution is 2.22. The third-order valence-corrected chi connectivity index (χ3v) is 6.10. The van der Waals surface area contributed by atoms with Gasteiger partial charge in [-0.05, 0) is 42.8 Å². The summed E-state index contributed by atoms with van der Waals surface area (Å²) in [6, 6.07) is 15.3. The van der Waals surface area contributed by atoms with Gasteiger partial charge in [0.05, 0.1) is 17.7 Å². The van der Waals surface area contributed by atoms with Crippen molar-refractivity contribution in [2.24, 2.45) is 0 Å². The fourth-order valence-corrected chi connectivity index (χ4v) is 4.38. The molecule has 1 heterocycles. The van der Waals surface area contributed by atoms with E-state index in [0.717, 1.165) is 5.69 Å². The van der Waals surface area contributed by atoms with Gasteiger partial charge in [-0.15, -0.1) is 11.3 Å². The molecule has 0 aliphatic rings. The quantitative estimate of drug-likeness (QED) is 0.584. The zero-order chi connectivity index (χ0) is 20.0. The van der Waals surface area contributed by atoms with Crippen LogP contribution in [0.3, 0.4) is 0 Å². The van der Waals surface area contributed by atoms with Gasteiger partial charge in [-0.25, -0.2) is 13.4 Å². The largest absolute Gasteiger partial charge is 0.497 e. The lowest BCUT2D eigenvalue weighted by Gasteiger charge is -2.06. The molecule has 0 fully saturated rings. The van der Waals surface area contributed by atoms with E-state index in [1.165, 1.54) is 30.6 Å². The number of nitrogens with zero attached hydrogens (tertiary/aromatic N) is 1. The van der Waals surface area contributed by atoms with E-state index in [-0.39, 0.29) is 22.4 Å². The molecule has 0 aliphatic carbocycles. The third kappa shape index (κ3) is 5.30. The molecule has 0 radical (unpaired) electrons. The number of amides is 1. The Morgan fingerprint density at radius 3 is 2.50 bits per heavy atom. The van der Waals surface area contributed by atoms with Gasteiger partial charge in [0.2, 0.25) is 5.91 Å². The lowest BCUT2D eigenvalue weighted by Crippen LogP contribution is -2.13. The first-order chi connectivity index (χ1) is 13.5. The van der Waals surface area contributed by atoms with Crippen LogP contribution in [0.2, 0.25) is 0 Å². The molecule has 28 heavy (non-hydrogen) atoms. The maximum absolute atomic E-state index is 12.4. The van der Waals surface area contributed by atoms with Crippen LogP contribution in [0.25, 0.3) is 0 Å². The van der Waals surface area contributed by atoms with Gasteiger partial charge in [-0.3, -0.25) is 9.52 Å². The Hall–Kier alpha value is -2.91. The summed E-state index contributed by atoms with van der Waals surface area (Å²) < 4.78 is 32.3. The SMILES string of the molecule is COc1ccc(S(=O)(=O)Nc2nc(CCC(=O)Nc3ccccc3)cs2)cc1. The van der Waals surface area contributed by atoms with E-state index in [1.54, 1.807) is 17.5 Å². The van der Waals surface area contributed by atoms with Crippen molar-refractivity contribution < 1.29 is 17.9 Å². The summed E-state index contributed by atoms with van der Waals surface area (Å²) in [4.78, 5) is 16.4. The van der Waals surface area contributed by atoms with Gasteiger partial charge < -0.3 is 10.1 Å². The molecule has 0 saturated carbocycles. The summed E-state index contributed by atoms with van der Waals surface area (Å²) in [6.07, 6.45) is 0.669. The van der Waals surface area contributed by atoms with Crippen LogP contribution in [-0.2, 0) is 21.2 Å². The fraction of sp³-hybridized carbons (Fsp3) is 0.158. The maximum atomic E-state index is 12.4. The molecule has 0 unspecified atom stereocenters. The number of para-hydroxylation sites is 1. The zero-order valence-corrected chi connectivity index (χ0v) is 16.7. The van der Waals surface area contributed by atoms with E-state index in [4.69, 9.17) is 4.74 Å². The molecular formula is C19H19N3O4S2. The average Bonchev–Trinajstić information content (AvgIpc) is 3.14. The highest BCUT2D eigenvalue weighted by Gasteiger charge is 2.16. The van der Waals surface area contributed by atoms with E-state index >= 15 is 0 Å². The number of ether oxygens (including phenoxy) is 1. The smallest absolute Gasteiger partial charge is 0.263 e. The number of nitrogens with one attached hydrogen (secondary N) is 2. The molecular weight excluding hydrogens is 398 g/mol. The molecule has 3 aromatic rings. The van der Waals surface area contributed by atoms with Gasteiger partial charge in [-0.1, -0.05) is 18.2 Å². The predicted molar refractivity (Wildman–Crippen MR) is 109 cm³/mol. The number of anilines is 2. The maximum Gasteiger partial charge on any atom is 0.263 e. The second-order valence-electron chi connectivity index (χ2n) is 5.84. The molecule has 2 aromatic carbocycles. The fourth-order valence-electron chi connectivity index (χ4n) is 2.38. The molecule has 146 valence electrons. The number of hydrogen-bond acceptors (Lipinski definition) is 6. The number of aromatic nitrogens is 1. The highest BCUT2D eigenvalue weighted by atomic mass is 32.2. The zero-order valence-electron chi connectivity index (χ0n) is 15.1. The minimum atomic E-state index is -3.73. The van der Waals surface area contributed by atoms with Gasteiger partial charge in [0.15, 0.2) is 5.13 Å². The number of carbonyl (C=O) groups is 1. The first-order valence-electron chi connectivity index (χ1n) is 8.42. The lowest BCUT2D eigenvalue weighted by atomic mass is 10.2. The van der Waals surface area contributed by atoms with Gasteiger partial charge in [0, 0.05) is 17.5 Å². The number of hydrogen-bond donors (Lipinski definition) is 2. The Kier molecular flexibility index (Phi) is 6.27. The van der Waals surface area contributed by atoms with E-state index in [0.29, 0.717) is 17.9 Å². The standard InChI is InChI=1S/C19H19N3O4S2/c1-26-16-8-10-17(11-9-16)28(24,25)22-19-21-15(13-27-19)7-12-18(23)20-14-5-3-2-4-6-14/h2-6,8-11,13H,7,12H2,1H3,(H,20,23)(H,21,22). The second-order valence-corrected chi connectivity index (χ2v) is 8.38. The first kappa shape index (κ1) is 19.8. The van der Waals surface area contributed by atoms with Crippen molar-refractivity contribution in [1.29, 1.82) is 0 Å². The molecule has 0 spiro atoms. The summed E-state index contributed by atoms with van der Waals surface area (Å²) in [7, 11) is -2.22. The summed E-state index contributed by atoms with van der Waals surface area (Å²) >= 11 is 1.18. The molecule has 0 aliphatic heterocycles. The van der Waals surface area contributed by atoms with E-state index < -0.39 is 10.0 Å². The number of carbonyl (C=O) groups excluding carboxylic acids is 1. The lowest BCUT2D eigenvalue weighted by molar-refractivity contribution is -0.116. The molecule has 0 saturated heterocycles. The average molecular weight is 418 g/mol. The number of benzene rings is 2. The van der Waals surface area contributed by atoms with Crippen LogP contribution in [0.4, 0.5) is 10.8 Å². The van der Waals surface area contributed by atoms with Gasteiger partial charge >= 0.3 is 0 Å². The van der Waals surface area contributed by atoms with Crippen LogP contribution in [0, 0.1) is 0 Å². The van der Waals surface area contributed by atoms with Crippen molar-refractivity contribution >= 4 is 38.1 Å². The highest BCUT2D eigenvalue weighted by molar-refractivity contribution is 7.93. The summed E-state index contributed by atoms with van der Waals surface area (Å²) in [6.45, 7) is 0. The van der Waals surface area contributed by atoms with Gasteiger partial charge in [-0.2, -0.15) is 0 Å². The number of sulfonamides is 1. The van der Waals surface area contributed by atoms with Crippen molar-refractivity contribution in [3.05, 3.63) is 65.7 Å². The molecule has 7 nitrogen and oxygen atoms in total. The second kappa shape index (κ2) is 8.85. The molecule has 1 amide bonds. The molecule has 0 bridgehead atoms. The summed E-state index contributed by atoms with van der Waals surface area (Å²) in [5.41, 5.74) is 1.39. The Labute approximate surface area is 167 Å². The number of aryl methyl sites for hydroxylation is 1. The number of rotatable bonds is 8. The minimum absolute atomic E-state index is 0.118. The molecule has 1 aromatic heterocycles. The van der Waals surface area contributed by atoms with E-state index in [2.05, 4.69) is 15.0 Å². The van der Waals surface area contributed by atoms with Crippen LogP contribution < -0.4 is 14.8 Å². The van der Waals surface area contributed by atoms with Crippen molar-refractivity contribution in [2.45, 2.75) is 17.7 Å². The van der Waals surface area contributed by atoms with Crippen LogP contribution in [0.5, 0.6) is 5.75 Å². The van der Waals surface area contributed by atoms with Crippen LogP contribution in [-0.4, -0.2) is 26.4 Å². The Morgan fingerprint density at radius 1 is 1.11 bits per heavy atom. The molecule has 2 N–H and O–H groups in total. The monoisotopic (exact) mass is 417 g/mol. The Balaban J connectivity index is 1.56. The Bertz CT molecular complexity index is 1030. The van der Waals surface area contributed by atoms with Crippen molar-refractivity contribution in [1.82, 2.24) is 4.98 Å².